The second kappa shape index (κ2) is 11.7. The molecule has 0 aliphatic rings. The van der Waals surface area contributed by atoms with Crippen LogP contribution in [-0.4, -0.2) is 58.2 Å². The number of nitrogens with one attached hydrogen (secondary N) is 2. The zero-order valence-electron chi connectivity index (χ0n) is 19.1. The lowest BCUT2D eigenvalue weighted by molar-refractivity contribution is 0.0693. The number of hydrogen-bond acceptors (Lipinski definition) is 6. The average Bonchev–Trinajstić information content (AvgIpc) is 2.73. The van der Waals surface area contributed by atoms with Gasteiger partial charge in [-0.25, -0.2) is 13.2 Å². The summed E-state index contributed by atoms with van der Waals surface area (Å²) in [7, 11) is -0.0265. The number of unbranched alkanes of at least 4 members (excludes halogenated alkanes) is 1. The molecule has 0 atom stereocenters. The van der Waals surface area contributed by atoms with Gasteiger partial charge in [0.25, 0.3) is 10.0 Å². The molecule has 0 aliphatic carbocycles. The molecule has 176 valence electrons. The molecule has 0 saturated carbocycles. The van der Waals surface area contributed by atoms with E-state index in [1.54, 1.807) is 31.2 Å². The molecule has 2 aromatic carbocycles. The third-order valence-corrected chi connectivity index (χ3v) is 6.31. The Morgan fingerprint density at radius 2 is 1.78 bits per heavy atom. The summed E-state index contributed by atoms with van der Waals surface area (Å²) in [5.41, 5.74) is 0.951. The van der Waals surface area contributed by atoms with Gasteiger partial charge in [-0.1, -0.05) is 25.1 Å². The van der Waals surface area contributed by atoms with Crippen LogP contribution >= 0.6 is 0 Å². The maximum atomic E-state index is 13.2. The van der Waals surface area contributed by atoms with Crippen molar-refractivity contribution >= 4 is 27.4 Å². The van der Waals surface area contributed by atoms with Gasteiger partial charge >= 0.3 is 5.97 Å². The van der Waals surface area contributed by atoms with E-state index in [4.69, 9.17) is 4.74 Å². The smallest absolute Gasteiger partial charge is 0.341 e. The first-order valence-corrected chi connectivity index (χ1v) is 12.2. The van der Waals surface area contributed by atoms with Gasteiger partial charge in [0.15, 0.2) is 0 Å². The van der Waals surface area contributed by atoms with E-state index in [1.807, 2.05) is 21.0 Å². The van der Waals surface area contributed by atoms with Crippen LogP contribution in [0.4, 0.5) is 11.4 Å². The summed E-state index contributed by atoms with van der Waals surface area (Å²) < 4.78 is 34.4. The molecular formula is C23H33N3O5S. The molecule has 0 aliphatic heterocycles. The minimum absolute atomic E-state index is 0.0288. The van der Waals surface area contributed by atoms with Crippen molar-refractivity contribution in [3.63, 3.8) is 0 Å². The highest BCUT2D eigenvalue weighted by molar-refractivity contribution is 7.92. The van der Waals surface area contributed by atoms with Crippen molar-refractivity contribution in [3.8, 4) is 5.75 Å². The van der Waals surface area contributed by atoms with Crippen LogP contribution in [0.3, 0.4) is 0 Å². The number of para-hydroxylation sites is 1. The zero-order valence-corrected chi connectivity index (χ0v) is 20.0. The molecule has 0 spiro atoms. The fourth-order valence-electron chi connectivity index (χ4n) is 3.33. The standard InChI is InChI=1S/C23H33N3O5S/c1-5-17-13-14-19(21(23(27)28)22(17)31-6-2)25-32(29,30)20-12-8-7-11-18(20)24-15-9-10-16-26(3)4/h7-8,11-14,24-25H,5-6,9-10,15-16H2,1-4H3,(H,27,28). The molecule has 3 N–H and O–H groups in total. The summed E-state index contributed by atoms with van der Waals surface area (Å²) in [6.07, 6.45) is 2.43. The largest absolute Gasteiger partial charge is 0.493 e. The molecule has 2 aromatic rings. The molecule has 0 heterocycles. The molecule has 0 aromatic heterocycles. The van der Waals surface area contributed by atoms with Gasteiger partial charge in [0.05, 0.1) is 18.0 Å². The number of benzene rings is 2. The molecule has 9 heteroatoms. The Bertz CT molecular complexity index is 1020. The number of aromatic carboxylic acids is 1. The number of hydrogen-bond donors (Lipinski definition) is 3. The Labute approximate surface area is 190 Å². The highest BCUT2D eigenvalue weighted by atomic mass is 32.2. The minimum atomic E-state index is -4.05. The third-order valence-electron chi connectivity index (χ3n) is 4.89. The molecule has 0 unspecified atom stereocenters. The van der Waals surface area contributed by atoms with Gasteiger partial charge < -0.3 is 20.1 Å². The van der Waals surface area contributed by atoms with Crippen molar-refractivity contribution in [3.05, 3.63) is 47.5 Å². The van der Waals surface area contributed by atoms with E-state index in [0.29, 0.717) is 24.2 Å². The summed E-state index contributed by atoms with van der Waals surface area (Å²) in [6.45, 7) is 5.48. The number of aryl methyl sites for hydroxylation is 1. The molecule has 2 rings (SSSR count). The van der Waals surface area contributed by atoms with Crippen molar-refractivity contribution in [2.45, 2.75) is 38.0 Å². The van der Waals surface area contributed by atoms with Crippen LogP contribution in [0.5, 0.6) is 5.75 Å². The summed E-state index contributed by atoms with van der Waals surface area (Å²) in [4.78, 5) is 14.2. The number of carboxylic acids is 1. The maximum absolute atomic E-state index is 13.2. The first-order valence-electron chi connectivity index (χ1n) is 10.7. The lowest BCUT2D eigenvalue weighted by Crippen LogP contribution is -2.19. The zero-order chi connectivity index (χ0) is 23.7. The Morgan fingerprint density at radius 3 is 2.41 bits per heavy atom. The number of rotatable bonds is 13. The predicted octanol–water partition coefficient (Wildman–Crippen LogP) is 3.90. The number of ether oxygens (including phenoxy) is 1. The van der Waals surface area contributed by atoms with Gasteiger partial charge in [-0.15, -0.1) is 0 Å². The SMILES string of the molecule is CCOc1c(CC)ccc(NS(=O)(=O)c2ccccc2NCCCCN(C)C)c1C(=O)O. The van der Waals surface area contributed by atoms with Crippen molar-refractivity contribution in [1.82, 2.24) is 4.90 Å². The molecule has 0 saturated heterocycles. The molecule has 0 bridgehead atoms. The Kier molecular flexibility index (Phi) is 9.34. The maximum Gasteiger partial charge on any atom is 0.341 e. The molecule has 8 nitrogen and oxygen atoms in total. The first-order chi connectivity index (χ1) is 15.2. The Balaban J connectivity index is 2.33. The summed E-state index contributed by atoms with van der Waals surface area (Å²) in [5, 5.41) is 13.0. The van der Waals surface area contributed by atoms with E-state index in [0.717, 1.165) is 19.4 Å². The topological polar surface area (TPSA) is 108 Å². The van der Waals surface area contributed by atoms with Crippen LogP contribution in [0.25, 0.3) is 0 Å². The predicted molar refractivity (Wildman–Crippen MR) is 127 cm³/mol. The highest BCUT2D eigenvalue weighted by Gasteiger charge is 2.25. The number of nitrogens with zero attached hydrogens (tertiary/aromatic N) is 1. The van der Waals surface area contributed by atoms with Crippen LogP contribution in [0.2, 0.25) is 0 Å². The average molecular weight is 464 g/mol. The number of sulfonamides is 1. The fraction of sp³-hybridized carbons (Fsp3) is 0.435. The summed E-state index contributed by atoms with van der Waals surface area (Å²) >= 11 is 0. The van der Waals surface area contributed by atoms with Crippen LogP contribution in [0, 0.1) is 0 Å². The number of carboxylic acid groups (broad SMARTS) is 1. The molecule has 0 fully saturated rings. The van der Waals surface area contributed by atoms with Gasteiger partial charge in [0.1, 0.15) is 16.2 Å². The number of anilines is 2. The molecule has 0 radical (unpaired) electrons. The lowest BCUT2D eigenvalue weighted by atomic mass is 10.0. The van der Waals surface area contributed by atoms with Gasteiger partial charge in [-0.2, -0.15) is 0 Å². The quantitative estimate of drug-likeness (QED) is 0.387. The van der Waals surface area contributed by atoms with E-state index in [-0.39, 0.29) is 28.5 Å². The Morgan fingerprint density at radius 1 is 1.06 bits per heavy atom. The molecule has 32 heavy (non-hydrogen) atoms. The minimum Gasteiger partial charge on any atom is -0.493 e. The van der Waals surface area contributed by atoms with Crippen LogP contribution in [0.15, 0.2) is 41.3 Å². The van der Waals surface area contributed by atoms with Crippen molar-refractivity contribution in [2.75, 3.05) is 43.8 Å². The highest BCUT2D eigenvalue weighted by Crippen LogP contribution is 2.33. The number of carbonyl (C=O) groups is 1. The van der Waals surface area contributed by atoms with E-state index in [9.17, 15) is 18.3 Å². The van der Waals surface area contributed by atoms with Gasteiger partial charge in [-0.05, 0) is 70.6 Å². The van der Waals surface area contributed by atoms with Gasteiger partial charge in [0.2, 0.25) is 0 Å². The van der Waals surface area contributed by atoms with Gasteiger partial charge in [-0.3, -0.25) is 4.72 Å². The van der Waals surface area contributed by atoms with Gasteiger partial charge in [0, 0.05) is 6.54 Å². The third kappa shape index (κ3) is 6.61. The van der Waals surface area contributed by atoms with Crippen molar-refractivity contribution in [1.29, 1.82) is 0 Å². The van der Waals surface area contributed by atoms with Crippen LogP contribution < -0.4 is 14.8 Å². The fourth-order valence-corrected chi connectivity index (χ4v) is 4.59. The lowest BCUT2D eigenvalue weighted by Gasteiger charge is -2.18. The van der Waals surface area contributed by atoms with Crippen molar-refractivity contribution < 1.29 is 23.1 Å². The van der Waals surface area contributed by atoms with E-state index in [1.165, 1.54) is 12.1 Å². The van der Waals surface area contributed by atoms with Crippen LogP contribution in [-0.2, 0) is 16.4 Å². The first kappa shape index (κ1) is 25.5. The molecular weight excluding hydrogens is 430 g/mol. The second-order valence-electron chi connectivity index (χ2n) is 7.61. The van der Waals surface area contributed by atoms with E-state index >= 15 is 0 Å². The summed E-state index contributed by atoms with van der Waals surface area (Å²) in [5.74, 6) is -1.07. The normalized spacial score (nSPS) is 11.4. The monoisotopic (exact) mass is 463 g/mol. The molecule has 0 amide bonds. The Hall–Kier alpha value is -2.78. The summed E-state index contributed by atoms with van der Waals surface area (Å²) in [6, 6.07) is 9.74. The van der Waals surface area contributed by atoms with Crippen molar-refractivity contribution in [2.24, 2.45) is 0 Å². The van der Waals surface area contributed by atoms with E-state index < -0.39 is 16.0 Å². The van der Waals surface area contributed by atoms with E-state index in [2.05, 4.69) is 14.9 Å². The van der Waals surface area contributed by atoms with Crippen LogP contribution in [0.1, 0.15) is 42.6 Å². The second-order valence-corrected chi connectivity index (χ2v) is 9.26.